The first-order chi connectivity index (χ1) is 15.4. The number of pyridine rings is 1. The van der Waals surface area contributed by atoms with Crippen LogP contribution in [0.4, 0.5) is 14.7 Å². The number of nitriles is 1. The first-order valence-corrected chi connectivity index (χ1v) is 9.50. The number of nitrogens with one attached hydrogen (secondary N) is 1. The van der Waals surface area contributed by atoms with E-state index in [0.717, 1.165) is 0 Å². The van der Waals surface area contributed by atoms with Crippen LogP contribution >= 0.6 is 0 Å². The van der Waals surface area contributed by atoms with Crippen LogP contribution in [0.15, 0.2) is 55.0 Å². The van der Waals surface area contributed by atoms with Gasteiger partial charge in [-0.25, -0.2) is 28.5 Å². The highest BCUT2D eigenvalue weighted by Crippen LogP contribution is 2.29. The fourth-order valence-corrected chi connectivity index (χ4v) is 3.32. The van der Waals surface area contributed by atoms with E-state index in [9.17, 15) is 23.9 Å². The number of halogens is 2. The number of benzene rings is 1. The molecule has 8 nitrogen and oxygen atoms in total. The Morgan fingerprint density at radius 3 is 2.75 bits per heavy atom. The summed E-state index contributed by atoms with van der Waals surface area (Å²) in [6, 6.07) is 10.9. The van der Waals surface area contributed by atoms with Gasteiger partial charge in [-0.05, 0) is 36.8 Å². The summed E-state index contributed by atoms with van der Waals surface area (Å²) in [5, 5.41) is 21.8. The molecule has 3 heterocycles. The molecule has 32 heavy (non-hydrogen) atoms. The van der Waals surface area contributed by atoms with Crippen molar-refractivity contribution in [3.8, 4) is 17.5 Å². The maximum Gasteiger partial charge on any atom is 0.335 e. The summed E-state index contributed by atoms with van der Waals surface area (Å²) >= 11 is 0. The van der Waals surface area contributed by atoms with Crippen molar-refractivity contribution in [1.82, 2.24) is 19.4 Å². The zero-order chi connectivity index (χ0) is 22.8. The molecule has 0 aliphatic heterocycles. The zero-order valence-corrected chi connectivity index (χ0v) is 16.7. The second kappa shape index (κ2) is 8.39. The van der Waals surface area contributed by atoms with E-state index in [4.69, 9.17) is 0 Å². The number of alkyl halides is 2. The van der Waals surface area contributed by atoms with Gasteiger partial charge in [0, 0.05) is 6.20 Å². The van der Waals surface area contributed by atoms with Crippen molar-refractivity contribution in [1.29, 1.82) is 5.26 Å². The Labute approximate surface area is 180 Å². The Bertz CT molecular complexity index is 1360. The van der Waals surface area contributed by atoms with Gasteiger partial charge in [-0.15, -0.1) is 0 Å². The highest BCUT2D eigenvalue weighted by Gasteiger charge is 2.19. The topological polar surface area (TPSA) is 116 Å². The summed E-state index contributed by atoms with van der Waals surface area (Å²) in [4.78, 5) is 23.9. The summed E-state index contributed by atoms with van der Waals surface area (Å²) in [5.74, 6) is -0.848. The summed E-state index contributed by atoms with van der Waals surface area (Å²) in [7, 11) is 0. The van der Waals surface area contributed by atoms with E-state index < -0.39 is 12.4 Å². The first-order valence-electron chi connectivity index (χ1n) is 9.50. The van der Waals surface area contributed by atoms with Crippen LogP contribution < -0.4 is 5.32 Å². The second-order valence-corrected chi connectivity index (χ2v) is 6.97. The van der Waals surface area contributed by atoms with E-state index in [0.29, 0.717) is 11.3 Å². The predicted molar refractivity (Wildman–Crippen MR) is 111 cm³/mol. The SMILES string of the molecule is CC(Nc1ncc(C#N)c(-c2cnc3c(C(F)F)cccn23)n1)c1cccc(C(=O)O)c1. The molecule has 2 N–H and O–H groups in total. The molecule has 0 aliphatic carbocycles. The molecule has 0 fully saturated rings. The number of aromatic carboxylic acids is 1. The van der Waals surface area contributed by atoms with Crippen LogP contribution in [0.25, 0.3) is 17.0 Å². The third kappa shape index (κ3) is 3.83. The lowest BCUT2D eigenvalue weighted by Gasteiger charge is -2.15. The van der Waals surface area contributed by atoms with Gasteiger partial charge in [0.25, 0.3) is 6.43 Å². The molecule has 0 bridgehead atoms. The highest BCUT2D eigenvalue weighted by atomic mass is 19.3. The number of hydrogen-bond acceptors (Lipinski definition) is 6. The van der Waals surface area contributed by atoms with Gasteiger partial charge >= 0.3 is 5.97 Å². The van der Waals surface area contributed by atoms with Crippen LogP contribution in [0.2, 0.25) is 0 Å². The molecular weight excluding hydrogens is 418 g/mol. The van der Waals surface area contributed by atoms with Crippen molar-refractivity contribution >= 4 is 17.6 Å². The van der Waals surface area contributed by atoms with E-state index in [2.05, 4.69) is 20.3 Å². The normalized spacial score (nSPS) is 12.0. The molecule has 0 radical (unpaired) electrons. The lowest BCUT2D eigenvalue weighted by atomic mass is 10.1. The molecule has 0 saturated carbocycles. The van der Waals surface area contributed by atoms with Crippen LogP contribution in [0.5, 0.6) is 0 Å². The standard InChI is InChI=1S/C22H16F2N6O2/c1-12(13-4-2-5-14(8-13)21(31)32)28-22-27-10-15(9-25)18(29-22)17-11-26-20-16(19(23)24)6-3-7-30(17)20/h2-8,10-12,19H,1H3,(H,31,32)(H,27,28,29). The molecule has 0 spiro atoms. The maximum atomic E-state index is 13.3. The molecule has 1 unspecified atom stereocenters. The van der Waals surface area contributed by atoms with E-state index in [1.807, 2.05) is 13.0 Å². The molecule has 0 amide bonds. The van der Waals surface area contributed by atoms with Crippen LogP contribution in [0.3, 0.4) is 0 Å². The highest BCUT2D eigenvalue weighted by molar-refractivity contribution is 5.87. The summed E-state index contributed by atoms with van der Waals surface area (Å²) in [5.41, 5.74) is 1.46. The molecule has 1 atom stereocenters. The van der Waals surface area contributed by atoms with Gasteiger partial charge < -0.3 is 10.4 Å². The Balaban J connectivity index is 1.72. The van der Waals surface area contributed by atoms with Gasteiger partial charge in [-0.1, -0.05) is 12.1 Å². The number of fused-ring (bicyclic) bond motifs is 1. The van der Waals surface area contributed by atoms with Gasteiger partial charge in [0.2, 0.25) is 5.95 Å². The largest absolute Gasteiger partial charge is 0.478 e. The Morgan fingerprint density at radius 2 is 2.03 bits per heavy atom. The minimum Gasteiger partial charge on any atom is -0.478 e. The van der Waals surface area contributed by atoms with Crippen LogP contribution in [-0.2, 0) is 0 Å². The first kappa shape index (κ1) is 20.9. The molecular formula is C22H16F2N6O2. The fourth-order valence-electron chi connectivity index (χ4n) is 3.32. The van der Waals surface area contributed by atoms with Crippen molar-refractivity contribution in [2.75, 3.05) is 5.32 Å². The number of rotatable bonds is 6. The minimum absolute atomic E-state index is 0.0772. The van der Waals surface area contributed by atoms with Gasteiger partial charge in [-0.3, -0.25) is 4.40 Å². The molecule has 0 aliphatic rings. The maximum absolute atomic E-state index is 13.3. The molecule has 3 aromatic heterocycles. The third-order valence-electron chi connectivity index (χ3n) is 4.93. The average Bonchev–Trinajstić information content (AvgIpc) is 3.23. The van der Waals surface area contributed by atoms with Gasteiger partial charge in [0.15, 0.2) is 0 Å². The number of aromatic nitrogens is 4. The Morgan fingerprint density at radius 1 is 1.22 bits per heavy atom. The van der Waals surface area contributed by atoms with Crippen LogP contribution in [-0.4, -0.2) is 30.4 Å². The molecule has 1 aromatic carbocycles. The number of anilines is 1. The number of carbonyl (C=O) groups is 1. The smallest absolute Gasteiger partial charge is 0.335 e. The monoisotopic (exact) mass is 434 g/mol. The molecule has 10 heteroatoms. The quantitative estimate of drug-likeness (QED) is 0.460. The molecule has 160 valence electrons. The lowest BCUT2D eigenvalue weighted by molar-refractivity contribution is 0.0696. The number of nitrogens with zero attached hydrogens (tertiary/aromatic N) is 5. The number of hydrogen-bond donors (Lipinski definition) is 2. The molecule has 4 aromatic rings. The van der Waals surface area contributed by atoms with E-state index in [1.54, 1.807) is 24.4 Å². The van der Waals surface area contributed by atoms with Crippen LogP contribution in [0, 0.1) is 11.3 Å². The average molecular weight is 434 g/mol. The van der Waals surface area contributed by atoms with E-state index in [-0.39, 0.29) is 40.0 Å². The second-order valence-electron chi connectivity index (χ2n) is 6.97. The zero-order valence-electron chi connectivity index (χ0n) is 16.7. The Hall–Kier alpha value is -4.39. The third-order valence-corrected chi connectivity index (χ3v) is 4.93. The van der Waals surface area contributed by atoms with E-state index >= 15 is 0 Å². The van der Waals surface area contributed by atoms with Crippen LogP contribution in [0.1, 0.15) is 46.4 Å². The summed E-state index contributed by atoms with van der Waals surface area (Å²) in [6.45, 7) is 1.81. The van der Waals surface area contributed by atoms with Crippen molar-refractivity contribution in [3.63, 3.8) is 0 Å². The minimum atomic E-state index is -2.70. The van der Waals surface area contributed by atoms with Gasteiger partial charge in [0.1, 0.15) is 17.4 Å². The fraction of sp³-hybridized carbons (Fsp3) is 0.136. The number of imidazole rings is 1. The number of carboxylic acids is 1. The van der Waals surface area contributed by atoms with Crippen molar-refractivity contribution < 1.29 is 18.7 Å². The Kier molecular flexibility index (Phi) is 5.47. The van der Waals surface area contributed by atoms with E-state index in [1.165, 1.54) is 35.0 Å². The van der Waals surface area contributed by atoms with Gasteiger partial charge in [0.05, 0.1) is 40.8 Å². The summed E-state index contributed by atoms with van der Waals surface area (Å²) in [6.07, 6.45) is 1.59. The number of carboxylic acid groups (broad SMARTS) is 1. The predicted octanol–water partition coefficient (Wildman–Crippen LogP) is 4.47. The van der Waals surface area contributed by atoms with Crippen molar-refractivity contribution in [2.24, 2.45) is 0 Å². The summed E-state index contributed by atoms with van der Waals surface area (Å²) < 4.78 is 28.1. The van der Waals surface area contributed by atoms with Gasteiger partial charge in [-0.2, -0.15) is 5.26 Å². The van der Waals surface area contributed by atoms with Crippen molar-refractivity contribution in [3.05, 3.63) is 77.2 Å². The van der Waals surface area contributed by atoms with Crippen molar-refractivity contribution in [2.45, 2.75) is 19.4 Å². The lowest BCUT2D eigenvalue weighted by Crippen LogP contribution is -2.11. The molecule has 0 saturated heterocycles. The molecule has 4 rings (SSSR count).